The Bertz CT molecular complexity index is 806. The molecule has 0 bridgehead atoms. The summed E-state index contributed by atoms with van der Waals surface area (Å²) >= 11 is 11.7. The van der Waals surface area contributed by atoms with Gasteiger partial charge in [0.15, 0.2) is 0 Å². The molecule has 0 amide bonds. The third-order valence-electron chi connectivity index (χ3n) is 2.55. The van der Waals surface area contributed by atoms with Crippen molar-refractivity contribution in [3.05, 3.63) is 58.1 Å². The van der Waals surface area contributed by atoms with E-state index in [1.807, 2.05) is 0 Å². The van der Waals surface area contributed by atoms with Gasteiger partial charge >= 0.3 is 0 Å². The second-order valence-electron chi connectivity index (χ2n) is 4.04. The molecule has 21 heavy (non-hydrogen) atoms. The number of sulfonamides is 1. The summed E-state index contributed by atoms with van der Waals surface area (Å²) in [6.07, 6.45) is 0. The quantitative estimate of drug-likeness (QED) is 0.920. The molecule has 2 rings (SSSR count). The van der Waals surface area contributed by atoms with Gasteiger partial charge in [0.2, 0.25) is 0 Å². The van der Waals surface area contributed by atoms with Crippen LogP contribution in [0.4, 0.5) is 5.69 Å². The maximum absolute atomic E-state index is 12.2. The second kappa shape index (κ2) is 5.93. The van der Waals surface area contributed by atoms with Crippen molar-refractivity contribution in [2.75, 3.05) is 4.72 Å². The maximum Gasteiger partial charge on any atom is 0.261 e. The average Bonchev–Trinajstić information content (AvgIpc) is 2.43. The van der Waals surface area contributed by atoms with Crippen LogP contribution in [0.5, 0.6) is 0 Å². The van der Waals surface area contributed by atoms with Gasteiger partial charge in [-0.25, -0.2) is 8.42 Å². The lowest BCUT2D eigenvalue weighted by Gasteiger charge is -2.11. The van der Waals surface area contributed by atoms with Crippen LogP contribution < -0.4 is 9.83 Å². The van der Waals surface area contributed by atoms with Gasteiger partial charge < -0.3 is 9.90 Å². The number of carboxylic acids is 1. The van der Waals surface area contributed by atoms with Gasteiger partial charge in [0.1, 0.15) is 0 Å². The van der Waals surface area contributed by atoms with Gasteiger partial charge in [0.05, 0.1) is 21.6 Å². The molecule has 0 aliphatic rings. The number of halogens is 2. The standard InChI is InChI=1S/C13H9Cl2NO4S/c14-9-4-5-11(15)12(7-9)16-21(19,20)10-3-1-2-8(6-10)13(17)18/h1-7,16H,(H,17,18)/p-1. The summed E-state index contributed by atoms with van der Waals surface area (Å²) in [5.41, 5.74) is -0.141. The number of nitrogens with one attached hydrogen (secondary N) is 1. The maximum atomic E-state index is 12.2. The van der Waals surface area contributed by atoms with Gasteiger partial charge in [-0.05, 0) is 35.9 Å². The van der Waals surface area contributed by atoms with E-state index in [2.05, 4.69) is 4.72 Å². The molecule has 2 aromatic rings. The minimum Gasteiger partial charge on any atom is -0.545 e. The molecule has 8 heteroatoms. The van der Waals surface area contributed by atoms with Crippen molar-refractivity contribution in [1.82, 2.24) is 0 Å². The Morgan fingerprint density at radius 3 is 2.48 bits per heavy atom. The molecule has 2 aromatic carbocycles. The van der Waals surface area contributed by atoms with Crippen molar-refractivity contribution in [3.8, 4) is 0 Å². The highest BCUT2D eigenvalue weighted by atomic mass is 35.5. The lowest BCUT2D eigenvalue weighted by molar-refractivity contribution is -0.255. The Labute approximate surface area is 131 Å². The first-order chi connectivity index (χ1) is 9.79. The van der Waals surface area contributed by atoms with Gasteiger partial charge in [-0.3, -0.25) is 4.72 Å². The number of hydrogen-bond donors (Lipinski definition) is 1. The number of carbonyl (C=O) groups excluding carboxylic acids is 1. The molecule has 0 fully saturated rings. The number of anilines is 1. The zero-order valence-electron chi connectivity index (χ0n) is 10.3. The fraction of sp³-hybridized carbons (Fsp3) is 0. The molecule has 0 heterocycles. The highest BCUT2D eigenvalue weighted by molar-refractivity contribution is 7.92. The Balaban J connectivity index is 2.41. The topological polar surface area (TPSA) is 86.3 Å². The summed E-state index contributed by atoms with van der Waals surface area (Å²) < 4.78 is 26.7. The Morgan fingerprint density at radius 1 is 1.10 bits per heavy atom. The minimum absolute atomic E-state index is 0.100. The van der Waals surface area contributed by atoms with Gasteiger partial charge in [0, 0.05) is 5.02 Å². The molecule has 0 spiro atoms. The van der Waals surface area contributed by atoms with E-state index in [0.29, 0.717) is 5.02 Å². The lowest BCUT2D eigenvalue weighted by Crippen LogP contribution is -2.23. The molecule has 0 unspecified atom stereocenters. The van der Waals surface area contributed by atoms with E-state index in [1.54, 1.807) is 0 Å². The first kappa shape index (κ1) is 15.6. The molecular formula is C13H8Cl2NO4S-. The summed E-state index contributed by atoms with van der Waals surface area (Å²) in [5.74, 6) is -1.46. The van der Waals surface area contributed by atoms with Crippen LogP contribution in [0, 0.1) is 0 Å². The molecule has 0 aliphatic carbocycles. The van der Waals surface area contributed by atoms with Crippen LogP contribution in [0.15, 0.2) is 47.4 Å². The fourth-order valence-corrected chi connectivity index (χ4v) is 3.08. The predicted molar refractivity (Wildman–Crippen MR) is 78.0 cm³/mol. The normalized spacial score (nSPS) is 11.1. The van der Waals surface area contributed by atoms with E-state index < -0.39 is 16.0 Å². The van der Waals surface area contributed by atoms with Crippen molar-refractivity contribution in [1.29, 1.82) is 0 Å². The van der Waals surface area contributed by atoms with Crippen LogP contribution in [-0.2, 0) is 10.0 Å². The average molecular weight is 345 g/mol. The van der Waals surface area contributed by atoms with E-state index in [-0.39, 0.29) is 21.2 Å². The number of carbonyl (C=O) groups is 1. The second-order valence-corrected chi connectivity index (χ2v) is 6.57. The fourth-order valence-electron chi connectivity index (χ4n) is 1.57. The predicted octanol–water partition coefficient (Wildman–Crippen LogP) is 2.16. The molecule has 0 saturated carbocycles. The molecule has 0 aliphatic heterocycles. The highest BCUT2D eigenvalue weighted by Crippen LogP contribution is 2.27. The Hall–Kier alpha value is -1.76. The number of hydrogen-bond acceptors (Lipinski definition) is 4. The smallest absolute Gasteiger partial charge is 0.261 e. The summed E-state index contributed by atoms with van der Waals surface area (Å²) in [4.78, 5) is 10.6. The third-order valence-corrected chi connectivity index (χ3v) is 4.48. The molecule has 110 valence electrons. The lowest BCUT2D eigenvalue weighted by atomic mass is 10.2. The van der Waals surface area contributed by atoms with Gasteiger partial charge in [-0.15, -0.1) is 0 Å². The zero-order valence-corrected chi connectivity index (χ0v) is 12.7. The summed E-state index contributed by atoms with van der Waals surface area (Å²) in [6, 6.07) is 9.10. The molecule has 0 aromatic heterocycles. The monoisotopic (exact) mass is 344 g/mol. The summed E-state index contributed by atoms with van der Waals surface area (Å²) in [6.45, 7) is 0. The summed E-state index contributed by atoms with van der Waals surface area (Å²) in [7, 11) is -3.99. The van der Waals surface area contributed by atoms with Crippen LogP contribution in [-0.4, -0.2) is 14.4 Å². The zero-order chi connectivity index (χ0) is 15.6. The van der Waals surface area contributed by atoms with Crippen LogP contribution in [0.25, 0.3) is 0 Å². The van der Waals surface area contributed by atoms with Crippen LogP contribution >= 0.6 is 23.2 Å². The van der Waals surface area contributed by atoms with Crippen LogP contribution in [0.2, 0.25) is 10.0 Å². The van der Waals surface area contributed by atoms with Crippen molar-refractivity contribution in [2.45, 2.75) is 4.90 Å². The van der Waals surface area contributed by atoms with Gasteiger partial charge in [-0.2, -0.15) is 0 Å². The third kappa shape index (κ3) is 3.66. The van der Waals surface area contributed by atoms with E-state index in [4.69, 9.17) is 23.2 Å². The number of aromatic carboxylic acids is 1. The van der Waals surface area contributed by atoms with Gasteiger partial charge in [0.25, 0.3) is 10.0 Å². The van der Waals surface area contributed by atoms with E-state index >= 15 is 0 Å². The van der Waals surface area contributed by atoms with E-state index in [0.717, 1.165) is 6.07 Å². The molecular weight excluding hydrogens is 337 g/mol. The largest absolute Gasteiger partial charge is 0.545 e. The molecule has 0 saturated heterocycles. The van der Waals surface area contributed by atoms with Gasteiger partial charge in [-0.1, -0.05) is 35.3 Å². The number of carboxylic acid groups (broad SMARTS) is 1. The van der Waals surface area contributed by atoms with Crippen LogP contribution in [0.3, 0.4) is 0 Å². The van der Waals surface area contributed by atoms with Crippen molar-refractivity contribution >= 4 is 44.9 Å². The minimum atomic E-state index is -3.99. The molecule has 5 nitrogen and oxygen atoms in total. The Kier molecular flexibility index (Phi) is 4.41. The van der Waals surface area contributed by atoms with Crippen molar-refractivity contribution in [2.24, 2.45) is 0 Å². The molecule has 0 radical (unpaired) electrons. The number of benzene rings is 2. The van der Waals surface area contributed by atoms with E-state index in [1.165, 1.54) is 36.4 Å². The van der Waals surface area contributed by atoms with Crippen molar-refractivity contribution < 1.29 is 18.3 Å². The van der Waals surface area contributed by atoms with Crippen LogP contribution in [0.1, 0.15) is 10.4 Å². The molecule has 1 N–H and O–H groups in total. The SMILES string of the molecule is O=C([O-])c1cccc(S(=O)(=O)Nc2cc(Cl)ccc2Cl)c1. The molecule has 0 atom stereocenters. The summed E-state index contributed by atoms with van der Waals surface area (Å²) in [5, 5.41) is 11.2. The van der Waals surface area contributed by atoms with E-state index in [9.17, 15) is 18.3 Å². The van der Waals surface area contributed by atoms with Crippen molar-refractivity contribution in [3.63, 3.8) is 0 Å². The Morgan fingerprint density at radius 2 is 1.81 bits per heavy atom. The first-order valence-electron chi connectivity index (χ1n) is 5.59. The first-order valence-corrected chi connectivity index (χ1v) is 7.83. The highest BCUT2D eigenvalue weighted by Gasteiger charge is 2.16. The number of rotatable bonds is 4.